The summed E-state index contributed by atoms with van der Waals surface area (Å²) < 4.78 is 5.46. The van der Waals surface area contributed by atoms with Gasteiger partial charge in [0.15, 0.2) is 5.84 Å². The molecule has 1 aromatic carbocycles. The Balaban J connectivity index is 0.000000977. The second kappa shape index (κ2) is 19.7. The summed E-state index contributed by atoms with van der Waals surface area (Å²) in [6.07, 6.45) is 2.99. The third kappa shape index (κ3) is 13.4. The number of methoxy groups -OCH3 is 1. The Kier molecular flexibility index (Phi) is 17.9. The van der Waals surface area contributed by atoms with Crippen LogP contribution in [-0.4, -0.2) is 62.0 Å². The van der Waals surface area contributed by atoms with Crippen LogP contribution < -0.4 is 26.0 Å². The number of allylic oxidation sites excluding steroid dienone is 1. The van der Waals surface area contributed by atoms with Gasteiger partial charge in [0.25, 0.3) is 0 Å². The molecular formula is C28H49N7O2. The molecule has 0 aliphatic carbocycles. The molecule has 0 aliphatic rings. The molecule has 0 amide bonds. The molecule has 0 radical (unpaired) electrons. The average Bonchev–Trinajstić information content (AvgIpc) is 2.90. The topological polar surface area (TPSA) is 111 Å². The van der Waals surface area contributed by atoms with Crippen LogP contribution in [-0.2, 0) is 0 Å². The second-order valence-electron chi connectivity index (χ2n) is 8.39. The van der Waals surface area contributed by atoms with Crippen LogP contribution in [0.4, 0.5) is 11.4 Å². The number of para-hydroxylation sites is 1. The number of hydrogen-bond donors (Lipinski definition) is 4. The highest BCUT2D eigenvalue weighted by Crippen LogP contribution is 2.26. The molecule has 2 aromatic rings. The molecule has 0 saturated heterocycles. The summed E-state index contributed by atoms with van der Waals surface area (Å²) >= 11 is 0. The number of nitrogens with one attached hydrogen (secondary N) is 2. The first kappa shape index (κ1) is 33.5. The highest BCUT2D eigenvalue weighted by atomic mass is 16.5. The van der Waals surface area contributed by atoms with Gasteiger partial charge in [-0.3, -0.25) is 5.01 Å². The van der Waals surface area contributed by atoms with Gasteiger partial charge in [-0.2, -0.15) is 5.10 Å². The highest BCUT2D eigenvalue weighted by molar-refractivity contribution is 5.96. The van der Waals surface area contributed by atoms with E-state index in [9.17, 15) is 0 Å². The van der Waals surface area contributed by atoms with Crippen LogP contribution in [0, 0.1) is 5.92 Å². The van der Waals surface area contributed by atoms with Crippen molar-refractivity contribution in [1.29, 1.82) is 0 Å². The molecule has 0 bridgehead atoms. The van der Waals surface area contributed by atoms with E-state index in [1.807, 2.05) is 93.4 Å². The van der Waals surface area contributed by atoms with Crippen LogP contribution in [0.15, 0.2) is 59.5 Å². The number of nitrogens with two attached hydrogens (primary N) is 1. The Hall–Kier alpha value is -3.46. The second-order valence-corrected chi connectivity index (χ2v) is 8.39. The van der Waals surface area contributed by atoms with Gasteiger partial charge in [-0.05, 0) is 43.5 Å². The van der Waals surface area contributed by atoms with Crippen molar-refractivity contribution in [2.24, 2.45) is 16.8 Å². The fraction of sp³-hybridized carbons (Fsp3) is 0.500. The van der Waals surface area contributed by atoms with Gasteiger partial charge in [0.1, 0.15) is 18.1 Å². The molecule has 0 aliphatic heterocycles. The van der Waals surface area contributed by atoms with Gasteiger partial charge >= 0.3 is 0 Å². The zero-order valence-electron chi connectivity index (χ0n) is 24.2. The minimum Gasteiger partial charge on any atom is -0.479 e. The van der Waals surface area contributed by atoms with Gasteiger partial charge < -0.3 is 31.1 Å². The molecule has 0 atom stereocenters. The number of anilines is 2. The number of benzene rings is 1. The van der Waals surface area contributed by atoms with E-state index in [2.05, 4.69) is 41.5 Å². The standard InChI is InChI=1S/C19H34N6O.C7H9NO.C2H6/c1-8-11-25(12-14(2)3)23-18(20)16-9-10-17(19(22-16)26-7)24(6)13-15(4)21-5;9-6-8-7-4-2-1-3-5-7;1-2/h9-10,13-14,21H,8,11-12H2,1-7H3,(H2,20,23);1-5,8-9H,6H2;1-2H3/b15-13-;;. The van der Waals surface area contributed by atoms with Crippen molar-refractivity contribution in [2.75, 3.05) is 51.2 Å². The fourth-order valence-electron chi connectivity index (χ4n) is 3.13. The normalized spacial score (nSPS) is 11.0. The lowest BCUT2D eigenvalue weighted by molar-refractivity contribution is 0.256. The van der Waals surface area contributed by atoms with E-state index < -0.39 is 0 Å². The first-order chi connectivity index (χ1) is 17.7. The van der Waals surface area contributed by atoms with Crippen molar-refractivity contribution in [2.45, 2.75) is 48.0 Å². The van der Waals surface area contributed by atoms with E-state index in [-0.39, 0.29) is 6.73 Å². The molecule has 2 rings (SSSR count). The van der Waals surface area contributed by atoms with Gasteiger partial charge in [0.05, 0.1) is 7.11 Å². The molecule has 208 valence electrons. The summed E-state index contributed by atoms with van der Waals surface area (Å²) in [5.41, 5.74) is 9.65. The molecule has 1 aromatic heterocycles. The van der Waals surface area contributed by atoms with E-state index >= 15 is 0 Å². The summed E-state index contributed by atoms with van der Waals surface area (Å²) in [6.45, 7) is 14.2. The highest BCUT2D eigenvalue weighted by Gasteiger charge is 2.13. The number of amidine groups is 1. The summed E-state index contributed by atoms with van der Waals surface area (Å²) in [4.78, 5) is 6.50. The molecule has 37 heavy (non-hydrogen) atoms. The van der Waals surface area contributed by atoms with Crippen molar-refractivity contribution < 1.29 is 9.84 Å². The predicted molar refractivity (Wildman–Crippen MR) is 158 cm³/mol. The molecular weight excluding hydrogens is 466 g/mol. The first-order valence-electron chi connectivity index (χ1n) is 12.9. The number of rotatable bonds is 12. The maximum absolute atomic E-state index is 8.41. The van der Waals surface area contributed by atoms with Crippen LogP contribution in [0.25, 0.3) is 0 Å². The smallest absolute Gasteiger partial charge is 0.238 e. The minimum atomic E-state index is -0.00991. The van der Waals surface area contributed by atoms with E-state index in [0.717, 1.165) is 36.6 Å². The van der Waals surface area contributed by atoms with Crippen molar-refractivity contribution in [3.8, 4) is 5.88 Å². The zero-order valence-corrected chi connectivity index (χ0v) is 24.2. The molecule has 5 N–H and O–H groups in total. The molecule has 0 spiro atoms. The van der Waals surface area contributed by atoms with Gasteiger partial charge in [0, 0.05) is 44.8 Å². The number of aromatic nitrogens is 1. The van der Waals surface area contributed by atoms with Crippen molar-refractivity contribution in [1.82, 2.24) is 15.3 Å². The number of hydrazone groups is 1. The van der Waals surface area contributed by atoms with Gasteiger partial charge in [-0.15, -0.1) is 0 Å². The molecule has 9 heteroatoms. The monoisotopic (exact) mass is 515 g/mol. The van der Waals surface area contributed by atoms with Gasteiger partial charge in [0.2, 0.25) is 5.88 Å². The fourth-order valence-corrected chi connectivity index (χ4v) is 3.13. The molecule has 0 saturated carbocycles. The molecule has 1 heterocycles. The molecule has 9 nitrogen and oxygen atoms in total. The summed E-state index contributed by atoms with van der Waals surface area (Å²) in [6, 6.07) is 13.4. The first-order valence-corrected chi connectivity index (χ1v) is 12.9. The number of hydrogen-bond acceptors (Lipinski definition) is 8. The molecule has 0 unspecified atom stereocenters. The minimum absolute atomic E-state index is 0.00991. The summed E-state index contributed by atoms with van der Waals surface area (Å²) in [5.74, 6) is 1.42. The Morgan fingerprint density at radius 1 is 1.19 bits per heavy atom. The average molecular weight is 516 g/mol. The number of pyridine rings is 1. The SMILES string of the molecule is CC.CCCN(CC(C)C)/N=C(\N)c1ccc(N(C)/C=C(/C)NC)c(OC)n1.OCNc1ccccc1. The maximum Gasteiger partial charge on any atom is 0.238 e. The lowest BCUT2D eigenvalue weighted by Gasteiger charge is -2.22. The molecule has 0 fully saturated rings. The van der Waals surface area contributed by atoms with Crippen LogP contribution >= 0.6 is 0 Å². The van der Waals surface area contributed by atoms with E-state index in [1.165, 1.54) is 0 Å². The van der Waals surface area contributed by atoms with Crippen molar-refractivity contribution >= 4 is 17.2 Å². The maximum atomic E-state index is 8.41. The predicted octanol–water partition coefficient (Wildman–Crippen LogP) is 4.67. The largest absolute Gasteiger partial charge is 0.479 e. The Morgan fingerprint density at radius 3 is 2.35 bits per heavy atom. The van der Waals surface area contributed by atoms with Crippen LogP contribution in [0.5, 0.6) is 5.88 Å². The summed E-state index contributed by atoms with van der Waals surface area (Å²) in [5, 5.41) is 20.8. The number of ether oxygens (including phenoxy) is 1. The number of nitrogens with zero attached hydrogens (tertiary/aromatic N) is 4. The third-order valence-corrected chi connectivity index (χ3v) is 4.82. The van der Waals surface area contributed by atoms with Gasteiger partial charge in [-0.1, -0.05) is 52.8 Å². The lowest BCUT2D eigenvalue weighted by atomic mass is 10.2. The number of aliphatic hydroxyl groups excluding tert-OH is 1. The Morgan fingerprint density at radius 2 is 1.84 bits per heavy atom. The third-order valence-electron chi connectivity index (χ3n) is 4.82. The summed E-state index contributed by atoms with van der Waals surface area (Å²) in [7, 11) is 5.44. The van der Waals surface area contributed by atoms with Crippen LogP contribution in [0.1, 0.15) is 53.7 Å². The Bertz CT molecular complexity index is 918. The number of aliphatic hydroxyl groups is 1. The van der Waals surface area contributed by atoms with Crippen LogP contribution in [0.2, 0.25) is 0 Å². The lowest BCUT2D eigenvalue weighted by Crippen LogP contribution is -2.28. The quantitative estimate of drug-likeness (QED) is 0.140. The zero-order chi connectivity index (χ0) is 28.2. The van der Waals surface area contributed by atoms with Crippen LogP contribution in [0.3, 0.4) is 0 Å². The van der Waals surface area contributed by atoms with Crippen molar-refractivity contribution in [3.63, 3.8) is 0 Å². The Labute approximate surface area is 224 Å². The van der Waals surface area contributed by atoms with E-state index in [1.54, 1.807) is 7.11 Å². The van der Waals surface area contributed by atoms with E-state index in [4.69, 9.17) is 15.6 Å². The van der Waals surface area contributed by atoms with E-state index in [0.29, 0.717) is 23.3 Å². The van der Waals surface area contributed by atoms with Crippen molar-refractivity contribution in [3.05, 3.63) is 60.1 Å². The van der Waals surface area contributed by atoms with Gasteiger partial charge in [-0.25, -0.2) is 4.98 Å².